The fourth-order valence-electron chi connectivity index (χ4n) is 1.88. The van der Waals surface area contributed by atoms with Gasteiger partial charge in [-0.1, -0.05) is 29.9 Å². The van der Waals surface area contributed by atoms with Crippen LogP contribution in [0.1, 0.15) is 16.8 Å². The van der Waals surface area contributed by atoms with Gasteiger partial charge in [-0.2, -0.15) is 0 Å². The van der Waals surface area contributed by atoms with E-state index in [9.17, 15) is 9.18 Å². The monoisotopic (exact) mass is 310 g/mol. The van der Waals surface area contributed by atoms with Crippen molar-refractivity contribution < 1.29 is 4.39 Å². The molecule has 0 bridgehead atoms. The quantitative estimate of drug-likeness (QED) is 0.887. The summed E-state index contributed by atoms with van der Waals surface area (Å²) in [7, 11) is 0. The van der Waals surface area contributed by atoms with Gasteiger partial charge >= 0.3 is 0 Å². The van der Waals surface area contributed by atoms with E-state index in [4.69, 9.17) is 29.6 Å². The second kappa shape index (κ2) is 5.73. The average molecular weight is 311 g/mol. The van der Waals surface area contributed by atoms with Crippen LogP contribution in [0.25, 0.3) is 0 Å². The molecule has 2 aromatic rings. The van der Waals surface area contributed by atoms with E-state index in [1.165, 1.54) is 10.6 Å². The van der Waals surface area contributed by atoms with E-state index in [-0.39, 0.29) is 22.7 Å². The summed E-state index contributed by atoms with van der Waals surface area (Å²) in [6.45, 7) is 1.86. The zero-order chi connectivity index (χ0) is 14.9. The number of hydrogen-bond donors (Lipinski definition) is 1. The number of rotatable bonds is 3. The smallest absolute Gasteiger partial charge is 0.261 e. The molecule has 1 heterocycles. The van der Waals surface area contributed by atoms with Crippen LogP contribution in [-0.2, 0) is 6.54 Å². The van der Waals surface area contributed by atoms with Crippen molar-refractivity contribution in [3.8, 4) is 0 Å². The molecule has 20 heavy (non-hydrogen) atoms. The molecular weight excluding hydrogens is 299 g/mol. The van der Waals surface area contributed by atoms with Crippen LogP contribution in [0.2, 0.25) is 5.02 Å². The van der Waals surface area contributed by atoms with E-state index in [0.29, 0.717) is 16.3 Å². The maximum Gasteiger partial charge on any atom is 0.261 e. The van der Waals surface area contributed by atoms with E-state index >= 15 is 0 Å². The van der Waals surface area contributed by atoms with E-state index < -0.39 is 5.82 Å². The number of nitrogens with two attached hydrogens (primary N) is 1. The minimum Gasteiger partial charge on any atom is -0.389 e. The first-order chi connectivity index (χ1) is 9.40. The number of pyridine rings is 1. The molecule has 104 valence electrons. The molecule has 6 heteroatoms. The third-order valence-corrected chi connectivity index (χ3v) is 3.46. The molecular formula is C14H12ClFN2OS. The number of benzene rings is 1. The Labute approximate surface area is 125 Å². The van der Waals surface area contributed by atoms with E-state index in [2.05, 4.69) is 0 Å². The predicted molar refractivity (Wildman–Crippen MR) is 81.8 cm³/mol. The Morgan fingerprint density at radius 2 is 2.10 bits per heavy atom. The van der Waals surface area contributed by atoms with Crippen molar-refractivity contribution in [3.63, 3.8) is 0 Å². The summed E-state index contributed by atoms with van der Waals surface area (Å²) in [5.74, 6) is -0.454. The maximum atomic E-state index is 13.8. The standard InChI is InChI=1S/C14H12ClFN2OS/c1-8-2-5-11(13(17)20)14(19)18(8)7-9-3-4-10(15)6-12(9)16/h2-6H,7H2,1H3,(H2,17,20). The summed E-state index contributed by atoms with van der Waals surface area (Å²) in [6.07, 6.45) is 0. The fourth-order valence-corrected chi connectivity index (χ4v) is 2.19. The maximum absolute atomic E-state index is 13.8. The Balaban J connectivity index is 2.51. The lowest BCUT2D eigenvalue weighted by atomic mass is 10.2. The normalized spacial score (nSPS) is 10.6. The summed E-state index contributed by atoms with van der Waals surface area (Å²) in [4.78, 5) is 12.3. The average Bonchev–Trinajstić information content (AvgIpc) is 2.36. The first kappa shape index (κ1) is 14.7. The number of halogens is 2. The van der Waals surface area contributed by atoms with Gasteiger partial charge in [-0.05, 0) is 31.2 Å². The summed E-state index contributed by atoms with van der Waals surface area (Å²) < 4.78 is 15.2. The third kappa shape index (κ3) is 2.89. The van der Waals surface area contributed by atoms with Gasteiger partial charge in [0.25, 0.3) is 5.56 Å². The molecule has 0 fully saturated rings. The molecule has 3 nitrogen and oxygen atoms in total. The predicted octanol–water partition coefficient (Wildman–Crippen LogP) is 2.63. The summed E-state index contributed by atoms with van der Waals surface area (Å²) in [5, 5.41) is 0.312. The van der Waals surface area contributed by atoms with Crippen LogP contribution in [0.4, 0.5) is 4.39 Å². The Morgan fingerprint density at radius 1 is 1.40 bits per heavy atom. The van der Waals surface area contributed by atoms with E-state index in [1.54, 1.807) is 31.2 Å². The highest BCUT2D eigenvalue weighted by atomic mass is 35.5. The van der Waals surface area contributed by atoms with Crippen LogP contribution < -0.4 is 11.3 Å². The number of hydrogen-bond acceptors (Lipinski definition) is 2. The van der Waals surface area contributed by atoms with Crippen molar-refractivity contribution in [2.75, 3.05) is 0 Å². The molecule has 2 rings (SSSR count). The number of aryl methyl sites for hydroxylation is 1. The molecule has 0 radical (unpaired) electrons. The number of thiocarbonyl (C=S) groups is 1. The second-order valence-corrected chi connectivity index (χ2v) is 5.26. The number of aromatic nitrogens is 1. The van der Waals surface area contributed by atoms with Crippen LogP contribution in [0.15, 0.2) is 35.1 Å². The van der Waals surface area contributed by atoms with Gasteiger partial charge in [0.05, 0.1) is 12.1 Å². The van der Waals surface area contributed by atoms with Crippen LogP contribution in [0.5, 0.6) is 0 Å². The Bertz CT molecular complexity index is 742. The van der Waals surface area contributed by atoms with Crippen LogP contribution >= 0.6 is 23.8 Å². The van der Waals surface area contributed by atoms with Crippen molar-refractivity contribution in [2.24, 2.45) is 5.73 Å². The molecule has 0 spiro atoms. The van der Waals surface area contributed by atoms with Crippen LogP contribution in [0.3, 0.4) is 0 Å². The molecule has 0 aliphatic carbocycles. The molecule has 0 saturated heterocycles. The SMILES string of the molecule is Cc1ccc(C(N)=S)c(=O)n1Cc1ccc(Cl)cc1F. The lowest BCUT2D eigenvalue weighted by Gasteiger charge is -2.12. The molecule has 0 atom stereocenters. The topological polar surface area (TPSA) is 48.0 Å². The van der Waals surface area contributed by atoms with Crippen molar-refractivity contribution in [2.45, 2.75) is 13.5 Å². The van der Waals surface area contributed by atoms with Gasteiger partial charge in [0, 0.05) is 16.3 Å². The Morgan fingerprint density at radius 3 is 2.70 bits per heavy atom. The Hall–Kier alpha value is -1.72. The molecule has 0 aliphatic rings. The summed E-state index contributed by atoms with van der Waals surface area (Å²) in [6, 6.07) is 7.65. The van der Waals surface area contributed by atoms with Gasteiger partial charge in [-0.3, -0.25) is 4.79 Å². The first-order valence-corrected chi connectivity index (χ1v) is 6.63. The second-order valence-electron chi connectivity index (χ2n) is 4.38. The molecule has 2 N–H and O–H groups in total. The van der Waals surface area contributed by atoms with Crippen LogP contribution in [0, 0.1) is 12.7 Å². The van der Waals surface area contributed by atoms with Gasteiger partial charge in [0.2, 0.25) is 0 Å². The highest BCUT2D eigenvalue weighted by molar-refractivity contribution is 7.80. The molecule has 1 aromatic carbocycles. The zero-order valence-corrected chi connectivity index (χ0v) is 12.3. The number of nitrogens with zero attached hydrogens (tertiary/aromatic N) is 1. The van der Waals surface area contributed by atoms with Gasteiger partial charge in [-0.25, -0.2) is 4.39 Å². The zero-order valence-electron chi connectivity index (χ0n) is 10.7. The van der Waals surface area contributed by atoms with Gasteiger partial charge < -0.3 is 10.3 Å². The van der Waals surface area contributed by atoms with E-state index in [1.807, 2.05) is 0 Å². The van der Waals surface area contributed by atoms with Gasteiger partial charge in [0.1, 0.15) is 10.8 Å². The minimum atomic E-state index is -0.454. The first-order valence-electron chi connectivity index (χ1n) is 5.84. The summed E-state index contributed by atoms with van der Waals surface area (Å²) >= 11 is 10.5. The highest BCUT2D eigenvalue weighted by Gasteiger charge is 2.11. The molecule has 0 amide bonds. The lowest BCUT2D eigenvalue weighted by Crippen LogP contribution is -2.30. The Kier molecular flexibility index (Phi) is 4.20. The largest absolute Gasteiger partial charge is 0.389 e. The van der Waals surface area contributed by atoms with Gasteiger partial charge in [-0.15, -0.1) is 0 Å². The lowest BCUT2D eigenvalue weighted by molar-refractivity contribution is 0.593. The molecule has 0 aliphatic heterocycles. The van der Waals surface area contributed by atoms with Gasteiger partial charge in [0.15, 0.2) is 0 Å². The highest BCUT2D eigenvalue weighted by Crippen LogP contribution is 2.15. The van der Waals surface area contributed by atoms with Crippen molar-refractivity contribution in [3.05, 3.63) is 68.3 Å². The molecule has 0 unspecified atom stereocenters. The minimum absolute atomic E-state index is 0.0281. The van der Waals surface area contributed by atoms with Crippen LogP contribution in [-0.4, -0.2) is 9.56 Å². The fraction of sp³-hybridized carbons (Fsp3) is 0.143. The third-order valence-electron chi connectivity index (χ3n) is 3.00. The van der Waals surface area contributed by atoms with Crippen molar-refractivity contribution in [1.29, 1.82) is 0 Å². The molecule has 0 saturated carbocycles. The van der Waals surface area contributed by atoms with E-state index in [0.717, 1.165) is 0 Å². The van der Waals surface area contributed by atoms with Crippen molar-refractivity contribution in [1.82, 2.24) is 4.57 Å². The molecule has 1 aromatic heterocycles. The summed E-state index contributed by atoms with van der Waals surface area (Å²) in [5.41, 5.74) is 6.50. The van der Waals surface area contributed by atoms with Crippen molar-refractivity contribution >= 4 is 28.8 Å².